The monoisotopic (exact) mass is 233 g/mol. The molecule has 0 radical (unpaired) electrons. The van der Waals surface area contributed by atoms with Crippen LogP contribution in [0.15, 0.2) is 17.4 Å². The SMILES string of the molecule is CCCN1C(N)=NCC1(C)c1nccnc1C. The van der Waals surface area contributed by atoms with E-state index in [1.165, 1.54) is 0 Å². The lowest BCUT2D eigenvalue weighted by molar-refractivity contribution is 0.217. The van der Waals surface area contributed by atoms with Gasteiger partial charge in [0, 0.05) is 18.9 Å². The number of nitrogens with two attached hydrogens (primary N) is 1. The minimum atomic E-state index is -0.252. The lowest BCUT2D eigenvalue weighted by atomic mass is 9.94. The van der Waals surface area contributed by atoms with Crippen LogP contribution in [0.4, 0.5) is 0 Å². The van der Waals surface area contributed by atoms with Crippen LogP contribution in [0.2, 0.25) is 0 Å². The third-order valence-corrected chi connectivity index (χ3v) is 3.26. The van der Waals surface area contributed by atoms with Crippen molar-refractivity contribution < 1.29 is 0 Å². The first-order valence-electron chi connectivity index (χ1n) is 5.95. The van der Waals surface area contributed by atoms with Gasteiger partial charge in [-0.25, -0.2) is 0 Å². The van der Waals surface area contributed by atoms with Gasteiger partial charge in [-0.15, -0.1) is 0 Å². The zero-order chi connectivity index (χ0) is 12.5. The summed E-state index contributed by atoms with van der Waals surface area (Å²) in [5, 5.41) is 0. The Morgan fingerprint density at radius 2 is 2.12 bits per heavy atom. The summed E-state index contributed by atoms with van der Waals surface area (Å²) in [6.45, 7) is 7.78. The number of hydrogen-bond acceptors (Lipinski definition) is 5. The van der Waals surface area contributed by atoms with E-state index in [1.807, 2.05) is 6.92 Å². The van der Waals surface area contributed by atoms with E-state index < -0.39 is 0 Å². The number of hydrogen-bond donors (Lipinski definition) is 1. The number of nitrogens with zero attached hydrogens (tertiary/aromatic N) is 4. The molecule has 2 N–H and O–H groups in total. The van der Waals surface area contributed by atoms with E-state index in [4.69, 9.17) is 5.73 Å². The summed E-state index contributed by atoms with van der Waals surface area (Å²) in [6.07, 6.45) is 4.48. The maximum absolute atomic E-state index is 5.96. The van der Waals surface area contributed by atoms with Crippen molar-refractivity contribution in [3.63, 3.8) is 0 Å². The van der Waals surface area contributed by atoms with Crippen molar-refractivity contribution in [1.29, 1.82) is 0 Å². The minimum absolute atomic E-state index is 0.252. The van der Waals surface area contributed by atoms with Gasteiger partial charge < -0.3 is 10.6 Å². The molecule has 1 aliphatic rings. The molecule has 1 aromatic heterocycles. The van der Waals surface area contributed by atoms with Gasteiger partial charge in [0.25, 0.3) is 0 Å². The second kappa shape index (κ2) is 4.31. The Bertz CT molecular complexity index is 442. The smallest absolute Gasteiger partial charge is 0.192 e. The summed E-state index contributed by atoms with van der Waals surface area (Å²) in [5.74, 6) is 0.611. The zero-order valence-corrected chi connectivity index (χ0v) is 10.6. The molecule has 0 saturated heterocycles. The zero-order valence-electron chi connectivity index (χ0n) is 10.6. The lowest BCUT2D eigenvalue weighted by Crippen LogP contribution is -2.48. The molecule has 1 aliphatic heterocycles. The molecule has 2 heterocycles. The minimum Gasteiger partial charge on any atom is -0.370 e. The molecule has 0 saturated carbocycles. The van der Waals surface area contributed by atoms with Crippen LogP contribution in [0.3, 0.4) is 0 Å². The Balaban J connectivity index is 2.40. The predicted octanol–water partition coefficient (Wildman–Crippen LogP) is 1.04. The van der Waals surface area contributed by atoms with Crippen LogP contribution in [0, 0.1) is 6.92 Å². The van der Waals surface area contributed by atoms with Gasteiger partial charge in [0.15, 0.2) is 5.96 Å². The maximum atomic E-state index is 5.96. The first kappa shape index (κ1) is 11.8. The summed E-state index contributed by atoms with van der Waals surface area (Å²) in [7, 11) is 0. The molecule has 0 aromatic carbocycles. The second-order valence-electron chi connectivity index (χ2n) is 4.59. The van der Waals surface area contributed by atoms with Gasteiger partial charge in [0.05, 0.1) is 17.9 Å². The lowest BCUT2D eigenvalue weighted by Gasteiger charge is -2.36. The largest absolute Gasteiger partial charge is 0.370 e. The molecular weight excluding hydrogens is 214 g/mol. The summed E-state index contributed by atoms with van der Waals surface area (Å²) in [6, 6.07) is 0. The third-order valence-electron chi connectivity index (χ3n) is 3.26. The highest BCUT2D eigenvalue weighted by atomic mass is 15.4. The molecule has 5 nitrogen and oxygen atoms in total. The van der Waals surface area contributed by atoms with Crippen LogP contribution in [0.25, 0.3) is 0 Å². The molecule has 17 heavy (non-hydrogen) atoms. The highest BCUT2D eigenvalue weighted by Crippen LogP contribution is 2.32. The average molecular weight is 233 g/mol. The molecule has 0 fully saturated rings. The Morgan fingerprint density at radius 3 is 2.76 bits per heavy atom. The van der Waals surface area contributed by atoms with Gasteiger partial charge in [-0.1, -0.05) is 6.92 Å². The van der Waals surface area contributed by atoms with E-state index in [0.717, 1.165) is 24.4 Å². The summed E-state index contributed by atoms with van der Waals surface area (Å²) in [5.41, 5.74) is 7.62. The molecule has 0 aliphatic carbocycles. The Labute approximate surface area is 102 Å². The molecule has 0 spiro atoms. The summed E-state index contributed by atoms with van der Waals surface area (Å²) in [4.78, 5) is 15.3. The van der Waals surface area contributed by atoms with Crippen molar-refractivity contribution in [3.05, 3.63) is 23.8 Å². The van der Waals surface area contributed by atoms with Crippen molar-refractivity contribution in [3.8, 4) is 0 Å². The number of aliphatic imine (C=N–C) groups is 1. The van der Waals surface area contributed by atoms with Gasteiger partial charge in [-0.05, 0) is 20.3 Å². The van der Waals surface area contributed by atoms with E-state index in [-0.39, 0.29) is 5.54 Å². The molecule has 0 amide bonds. The first-order valence-corrected chi connectivity index (χ1v) is 5.95. The summed E-state index contributed by atoms with van der Waals surface area (Å²) < 4.78 is 0. The molecule has 92 valence electrons. The van der Waals surface area contributed by atoms with Crippen LogP contribution in [0.5, 0.6) is 0 Å². The first-order chi connectivity index (χ1) is 8.09. The number of rotatable bonds is 3. The van der Waals surface area contributed by atoms with Gasteiger partial charge in [-0.2, -0.15) is 0 Å². The van der Waals surface area contributed by atoms with E-state index >= 15 is 0 Å². The van der Waals surface area contributed by atoms with E-state index in [1.54, 1.807) is 12.4 Å². The van der Waals surface area contributed by atoms with Gasteiger partial charge >= 0.3 is 0 Å². The van der Waals surface area contributed by atoms with Crippen molar-refractivity contribution in [1.82, 2.24) is 14.9 Å². The number of guanidine groups is 1. The van der Waals surface area contributed by atoms with Crippen LogP contribution in [-0.2, 0) is 5.54 Å². The van der Waals surface area contributed by atoms with Crippen LogP contribution >= 0.6 is 0 Å². The Kier molecular flexibility index (Phi) is 3.00. The Morgan fingerprint density at radius 1 is 1.41 bits per heavy atom. The normalized spacial score (nSPS) is 23.9. The predicted molar refractivity (Wildman–Crippen MR) is 67.6 cm³/mol. The van der Waals surface area contributed by atoms with Crippen LogP contribution in [0.1, 0.15) is 31.7 Å². The fourth-order valence-electron chi connectivity index (χ4n) is 2.38. The average Bonchev–Trinajstić information content (AvgIpc) is 2.59. The van der Waals surface area contributed by atoms with Crippen molar-refractivity contribution in [2.45, 2.75) is 32.7 Å². The third kappa shape index (κ3) is 1.85. The van der Waals surface area contributed by atoms with E-state index in [0.29, 0.717) is 12.5 Å². The maximum Gasteiger partial charge on any atom is 0.192 e. The van der Waals surface area contributed by atoms with Crippen LogP contribution in [-0.4, -0.2) is 33.9 Å². The van der Waals surface area contributed by atoms with E-state index in [9.17, 15) is 0 Å². The molecule has 2 rings (SSSR count). The highest BCUT2D eigenvalue weighted by molar-refractivity contribution is 5.81. The van der Waals surface area contributed by atoms with Crippen LogP contribution < -0.4 is 5.73 Å². The van der Waals surface area contributed by atoms with Gasteiger partial charge in [0.1, 0.15) is 5.54 Å². The topological polar surface area (TPSA) is 67.4 Å². The van der Waals surface area contributed by atoms with E-state index in [2.05, 4.69) is 33.7 Å². The van der Waals surface area contributed by atoms with Gasteiger partial charge in [0.2, 0.25) is 0 Å². The number of aromatic nitrogens is 2. The Hall–Kier alpha value is -1.65. The van der Waals surface area contributed by atoms with Gasteiger partial charge in [-0.3, -0.25) is 15.0 Å². The molecule has 1 unspecified atom stereocenters. The fourth-order valence-corrected chi connectivity index (χ4v) is 2.38. The second-order valence-corrected chi connectivity index (χ2v) is 4.59. The molecule has 5 heteroatoms. The standard InChI is InChI=1S/C12H19N5/c1-4-7-17-11(13)16-8-12(17,3)10-9(2)14-5-6-15-10/h5-6H,4,7-8H2,1-3H3,(H2,13,16). The molecular formula is C12H19N5. The summed E-state index contributed by atoms with van der Waals surface area (Å²) >= 11 is 0. The number of aryl methyl sites for hydroxylation is 1. The highest BCUT2D eigenvalue weighted by Gasteiger charge is 2.41. The molecule has 0 bridgehead atoms. The fraction of sp³-hybridized carbons (Fsp3) is 0.583. The molecule has 1 atom stereocenters. The molecule has 1 aromatic rings. The van der Waals surface area contributed by atoms with Crippen molar-refractivity contribution in [2.75, 3.05) is 13.1 Å². The van der Waals surface area contributed by atoms with Crippen molar-refractivity contribution >= 4 is 5.96 Å². The van der Waals surface area contributed by atoms with Crippen molar-refractivity contribution in [2.24, 2.45) is 10.7 Å². The quantitative estimate of drug-likeness (QED) is 0.847.